The average molecular weight is 613 g/mol. The van der Waals surface area contributed by atoms with Crippen LogP contribution in [0, 0.1) is 5.82 Å². The third-order valence-electron chi connectivity index (χ3n) is 7.53. The molecule has 0 spiro atoms. The molecule has 0 unspecified atom stereocenters. The number of carbonyl (C=O) groups excluding carboxylic acids is 1. The zero-order chi connectivity index (χ0) is 31.6. The number of aromatic nitrogens is 6. The lowest BCUT2D eigenvalue weighted by atomic mass is 10.1. The Morgan fingerprint density at radius 1 is 0.891 bits per heavy atom. The quantitative estimate of drug-likeness (QED) is 0.169. The summed E-state index contributed by atoms with van der Waals surface area (Å²) in [6.07, 6.45) is 6.71. The van der Waals surface area contributed by atoms with Gasteiger partial charge in [0, 0.05) is 58.0 Å². The summed E-state index contributed by atoms with van der Waals surface area (Å²) in [5, 5.41) is 12.2. The summed E-state index contributed by atoms with van der Waals surface area (Å²) in [5.41, 5.74) is 6.77. The largest absolute Gasteiger partial charge is 0.492 e. The highest BCUT2D eigenvalue weighted by atomic mass is 19.1. The van der Waals surface area contributed by atoms with Crippen LogP contribution in [-0.2, 0) is 0 Å². The third kappa shape index (κ3) is 5.91. The van der Waals surface area contributed by atoms with Crippen LogP contribution >= 0.6 is 0 Å². The first-order valence-corrected chi connectivity index (χ1v) is 14.6. The van der Waals surface area contributed by atoms with Crippen LogP contribution in [0.2, 0.25) is 0 Å². The summed E-state index contributed by atoms with van der Waals surface area (Å²) in [6.45, 7) is 1.15. The maximum Gasteiger partial charge on any atom is 0.255 e. The van der Waals surface area contributed by atoms with Crippen LogP contribution < -0.4 is 10.1 Å². The fourth-order valence-electron chi connectivity index (χ4n) is 5.26. The van der Waals surface area contributed by atoms with Crippen molar-refractivity contribution in [3.05, 3.63) is 109 Å². The minimum atomic E-state index is -0.400. The van der Waals surface area contributed by atoms with Crippen LogP contribution in [-0.4, -0.2) is 68.2 Å². The number of anilines is 1. The molecule has 10 nitrogen and oxygen atoms in total. The van der Waals surface area contributed by atoms with Crippen molar-refractivity contribution in [2.24, 2.45) is 0 Å². The Bertz CT molecular complexity index is 2190. The van der Waals surface area contributed by atoms with E-state index in [1.807, 2.05) is 61.5 Å². The number of amides is 1. The summed E-state index contributed by atoms with van der Waals surface area (Å²) < 4.78 is 20.5. The van der Waals surface area contributed by atoms with Crippen LogP contribution in [0.15, 0.2) is 97.6 Å². The molecule has 0 saturated heterocycles. The number of benzene rings is 2. The van der Waals surface area contributed by atoms with Gasteiger partial charge in [-0.25, -0.2) is 4.39 Å². The molecule has 0 fully saturated rings. The number of nitrogens with one attached hydrogen (secondary N) is 3. The minimum absolute atomic E-state index is 0.223. The van der Waals surface area contributed by atoms with Gasteiger partial charge in [-0.2, -0.15) is 5.10 Å². The summed E-state index contributed by atoms with van der Waals surface area (Å²) in [4.78, 5) is 31.7. The highest BCUT2D eigenvalue weighted by Gasteiger charge is 2.17. The molecule has 11 heteroatoms. The number of pyridine rings is 3. The number of halogens is 1. The van der Waals surface area contributed by atoms with E-state index in [0.29, 0.717) is 52.8 Å². The monoisotopic (exact) mass is 612 g/mol. The number of fused-ring (bicyclic) bond motifs is 2. The predicted molar refractivity (Wildman–Crippen MR) is 176 cm³/mol. The molecule has 0 aliphatic heterocycles. The van der Waals surface area contributed by atoms with Crippen molar-refractivity contribution < 1.29 is 13.9 Å². The van der Waals surface area contributed by atoms with Crippen LogP contribution in [0.1, 0.15) is 10.4 Å². The number of likely N-dealkylation sites (N-methyl/N-ethyl adjacent to an activating group) is 1. The van der Waals surface area contributed by atoms with Crippen LogP contribution in [0.5, 0.6) is 5.75 Å². The smallest absolute Gasteiger partial charge is 0.255 e. The third-order valence-corrected chi connectivity index (χ3v) is 7.53. The van der Waals surface area contributed by atoms with Gasteiger partial charge in [0.05, 0.1) is 40.7 Å². The Morgan fingerprint density at radius 2 is 1.74 bits per heavy atom. The number of aromatic amines is 2. The van der Waals surface area contributed by atoms with Gasteiger partial charge in [-0.3, -0.25) is 24.8 Å². The minimum Gasteiger partial charge on any atom is -0.492 e. The zero-order valence-electron chi connectivity index (χ0n) is 25.1. The predicted octanol–water partition coefficient (Wildman–Crippen LogP) is 6.56. The molecular weight excluding hydrogens is 583 g/mol. The number of ether oxygens (including phenoxy) is 1. The first-order chi connectivity index (χ1) is 22.4. The molecule has 228 valence electrons. The van der Waals surface area contributed by atoms with E-state index in [1.165, 1.54) is 12.1 Å². The molecule has 1 amide bonds. The summed E-state index contributed by atoms with van der Waals surface area (Å²) in [6, 6.07) is 21.2. The van der Waals surface area contributed by atoms with Crippen molar-refractivity contribution in [3.8, 4) is 39.7 Å². The van der Waals surface area contributed by atoms with Gasteiger partial charge in [0.25, 0.3) is 5.91 Å². The molecule has 0 radical (unpaired) electrons. The van der Waals surface area contributed by atoms with E-state index in [4.69, 9.17) is 4.74 Å². The first-order valence-electron chi connectivity index (χ1n) is 14.6. The lowest BCUT2D eigenvalue weighted by molar-refractivity contribution is 0.102. The molecule has 0 saturated carbocycles. The van der Waals surface area contributed by atoms with E-state index in [1.54, 1.807) is 43.0 Å². The number of H-pyrrole nitrogens is 2. The second-order valence-electron chi connectivity index (χ2n) is 11.1. The highest BCUT2D eigenvalue weighted by Crippen LogP contribution is 2.35. The van der Waals surface area contributed by atoms with Crippen LogP contribution in [0.4, 0.5) is 10.1 Å². The summed E-state index contributed by atoms with van der Waals surface area (Å²) in [7, 11) is 3.91. The molecule has 0 aliphatic carbocycles. The molecule has 46 heavy (non-hydrogen) atoms. The number of rotatable bonds is 9. The Balaban J connectivity index is 1.21. The van der Waals surface area contributed by atoms with E-state index in [2.05, 4.69) is 35.5 Å². The molecule has 5 aromatic heterocycles. The molecular formula is C35H29FN8O2. The van der Waals surface area contributed by atoms with Gasteiger partial charge in [0.2, 0.25) is 0 Å². The van der Waals surface area contributed by atoms with Gasteiger partial charge >= 0.3 is 0 Å². The number of hydrogen-bond donors (Lipinski definition) is 3. The normalized spacial score (nSPS) is 11.4. The summed E-state index contributed by atoms with van der Waals surface area (Å²) >= 11 is 0. The molecule has 0 atom stereocenters. The Kier molecular flexibility index (Phi) is 7.65. The SMILES string of the molecule is CN(C)CCOc1cc(F)cc(-c2nccc3[nH]c(-c4n[nH]c5cnc(-c6cncc(NC(=O)c7ccccc7)c6)cc45)cc23)c1. The van der Waals surface area contributed by atoms with Gasteiger partial charge in [-0.05, 0) is 62.6 Å². The topological polar surface area (TPSA) is 125 Å². The van der Waals surface area contributed by atoms with Gasteiger partial charge in [0.15, 0.2) is 0 Å². The van der Waals surface area contributed by atoms with E-state index in [0.717, 1.165) is 33.1 Å². The Hall–Kier alpha value is -5.94. The molecule has 0 aliphatic rings. The van der Waals surface area contributed by atoms with Crippen molar-refractivity contribution in [2.45, 2.75) is 0 Å². The van der Waals surface area contributed by atoms with E-state index in [-0.39, 0.29) is 5.91 Å². The average Bonchev–Trinajstić information content (AvgIpc) is 3.69. The van der Waals surface area contributed by atoms with Gasteiger partial charge in [0.1, 0.15) is 23.9 Å². The summed E-state index contributed by atoms with van der Waals surface area (Å²) in [5.74, 6) is -0.176. The molecule has 2 aromatic carbocycles. The second kappa shape index (κ2) is 12.2. The lowest BCUT2D eigenvalue weighted by Gasteiger charge is -2.12. The van der Waals surface area contributed by atoms with Crippen molar-refractivity contribution in [1.29, 1.82) is 0 Å². The molecule has 5 heterocycles. The Morgan fingerprint density at radius 3 is 2.59 bits per heavy atom. The molecule has 3 N–H and O–H groups in total. The fraction of sp³-hybridized carbons (Fsp3) is 0.114. The van der Waals surface area contributed by atoms with Crippen molar-refractivity contribution >= 4 is 33.4 Å². The molecule has 7 aromatic rings. The van der Waals surface area contributed by atoms with Crippen LogP contribution in [0.3, 0.4) is 0 Å². The fourth-order valence-corrected chi connectivity index (χ4v) is 5.26. The number of carbonyl (C=O) groups is 1. The van der Waals surface area contributed by atoms with E-state index in [9.17, 15) is 9.18 Å². The standard InChI is InChI=1S/C35H29FN8O2/c1-44(2)10-11-46-26-14-22(12-24(36)15-26)33-27-17-31(41-29(27)8-9-38-33)34-28-16-30(39-20-32(28)42-43-34)23-13-25(19-37-18-23)40-35(45)21-6-4-3-5-7-21/h3-9,12-20,41H,10-11H2,1-2H3,(H,40,45)(H,42,43). The van der Waals surface area contributed by atoms with Crippen LogP contribution in [0.25, 0.3) is 55.7 Å². The highest BCUT2D eigenvalue weighted by molar-refractivity contribution is 6.04. The lowest BCUT2D eigenvalue weighted by Crippen LogP contribution is -2.19. The second-order valence-corrected chi connectivity index (χ2v) is 11.1. The number of nitrogens with zero attached hydrogens (tertiary/aromatic N) is 5. The number of hydrogen-bond acceptors (Lipinski definition) is 7. The van der Waals surface area contributed by atoms with E-state index >= 15 is 0 Å². The van der Waals surface area contributed by atoms with Gasteiger partial charge in [-0.1, -0.05) is 18.2 Å². The maximum atomic E-state index is 14.7. The van der Waals surface area contributed by atoms with Crippen molar-refractivity contribution in [3.63, 3.8) is 0 Å². The first kappa shape index (κ1) is 28.8. The molecule has 7 rings (SSSR count). The Labute approximate surface area is 263 Å². The maximum absolute atomic E-state index is 14.7. The van der Waals surface area contributed by atoms with E-state index < -0.39 is 5.82 Å². The van der Waals surface area contributed by atoms with Crippen molar-refractivity contribution in [1.82, 2.24) is 35.0 Å². The van der Waals surface area contributed by atoms with Crippen molar-refractivity contribution in [2.75, 3.05) is 32.6 Å². The van der Waals surface area contributed by atoms with Gasteiger partial charge in [-0.15, -0.1) is 0 Å². The van der Waals surface area contributed by atoms with Gasteiger partial charge < -0.3 is 19.9 Å². The zero-order valence-corrected chi connectivity index (χ0v) is 25.1. The molecule has 0 bridgehead atoms.